The number of anilines is 1. The molecule has 0 saturated heterocycles. The van der Waals surface area contributed by atoms with Gasteiger partial charge in [0.15, 0.2) is 0 Å². The topological polar surface area (TPSA) is 88.2 Å². The molecule has 0 saturated carbocycles. The van der Waals surface area contributed by atoms with Crippen molar-refractivity contribution in [2.75, 3.05) is 11.9 Å². The maximum absolute atomic E-state index is 11.1. The highest BCUT2D eigenvalue weighted by Gasteiger charge is 2.14. The Labute approximate surface area is 93.1 Å². The highest BCUT2D eigenvalue weighted by molar-refractivity contribution is 5.94. The number of benzene rings is 1. The predicted octanol–water partition coefficient (Wildman–Crippen LogP) is 0.886. The Hall–Kier alpha value is -2.04. The van der Waals surface area contributed by atoms with E-state index in [1.165, 1.54) is 0 Å². The van der Waals surface area contributed by atoms with Crippen molar-refractivity contribution in [2.24, 2.45) is 5.73 Å². The molecule has 1 heterocycles. The van der Waals surface area contributed by atoms with Crippen LogP contribution in [-0.4, -0.2) is 18.3 Å². The fourth-order valence-electron chi connectivity index (χ4n) is 1.61. The minimum atomic E-state index is -0.00831. The van der Waals surface area contributed by atoms with Crippen LogP contribution < -0.4 is 15.8 Å². The predicted molar refractivity (Wildman–Crippen MR) is 60.8 cm³/mol. The average Bonchev–Trinajstić information content (AvgIpc) is 2.26. The molecule has 0 fully saturated rings. The molecule has 1 aliphatic rings. The largest absolute Gasteiger partial charge is 0.486 e. The van der Waals surface area contributed by atoms with Gasteiger partial charge in [-0.3, -0.25) is 10.2 Å². The summed E-state index contributed by atoms with van der Waals surface area (Å²) in [6.45, 7) is 0.0884. The zero-order chi connectivity index (χ0) is 11.5. The molecular weight excluding hydrogens is 206 g/mol. The summed E-state index contributed by atoms with van der Waals surface area (Å²) in [5.41, 5.74) is 7.09. The van der Waals surface area contributed by atoms with Gasteiger partial charge in [0.05, 0.1) is 0 Å². The normalized spacial score (nSPS) is 13.9. The molecule has 5 nitrogen and oxygen atoms in total. The SMILES string of the molecule is N=C(N)COc1ccc2c(c1)CCC(=O)N2. The van der Waals surface area contributed by atoms with Crippen LogP contribution >= 0.6 is 0 Å². The van der Waals surface area contributed by atoms with E-state index in [0.29, 0.717) is 12.2 Å². The first-order chi connectivity index (χ1) is 7.65. The number of carbonyl (C=O) groups is 1. The standard InChI is InChI=1S/C11H13N3O2/c12-10(13)6-16-8-2-3-9-7(5-8)1-4-11(15)14-9/h2-3,5H,1,4,6H2,(H3,12,13)(H,14,15). The van der Waals surface area contributed by atoms with Gasteiger partial charge in [0.2, 0.25) is 5.91 Å². The first-order valence-corrected chi connectivity index (χ1v) is 5.03. The third-order valence-electron chi connectivity index (χ3n) is 2.37. The molecule has 1 amide bonds. The van der Waals surface area contributed by atoms with Gasteiger partial charge in [-0.1, -0.05) is 0 Å². The third-order valence-corrected chi connectivity index (χ3v) is 2.37. The maximum Gasteiger partial charge on any atom is 0.224 e. The van der Waals surface area contributed by atoms with Gasteiger partial charge in [-0.15, -0.1) is 0 Å². The zero-order valence-electron chi connectivity index (χ0n) is 8.75. The lowest BCUT2D eigenvalue weighted by Gasteiger charge is -2.17. The molecule has 0 bridgehead atoms. The number of fused-ring (bicyclic) bond motifs is 1. The molecule has 2 rings (SSSR count). The van der Waals surface area contributed by atoms with E-state index in [4.69, 9.17) is 15.9 Å². The lowest BCUT2D eigenvalue weighted by Crippen LogP contribution is -2.20. The smallest absolute Gasteiger partial charge is 0.224 e. The second-order valence-corrected chi connectivity index (χ2v) is 3.68. The zero-order valence-corrected chi connectivity index (χ0v) is 8.75. The molecule has 1 aliphatic heterocycles. The maximum atomic E-state index is 11.1. The van der Waals surface area contributed by atoms with E-state index in [-0.39, 0.29) is 18.3 Å². The number of amidine groups is 1. The fraction of sp³-hybridized carbons (Fsp3) is 0.273. The molecule has 84 valence electrons. The van der Waals surface area contributed by atoms with Crippen molar-refractivity contribution in [3.8, 4) is 5.75 Å². The summed E-state index contributed by atoms with van der Waals surface area (Å²) >= 11 is 0. The number of rotatable bonds is 3. The first-order valence-electron chi connectivity index (χ1n) is 5.03. The number of amides is 1. The Kier molecular flexibility index (Phi) is 2.76. The van der Waals surface area contributed by atoms with Crippen LogP contribution in [0.1, 0.15) is 12.0 Å². The highest BCUT2D eigenvalue weighted by atomic mass is 16.5. The summed E-state index contributed by atoms with van der Waals surface area (Å²) in [5, 5.41) is 9.84. The van der Waals surface area contributed by atoms with E-state index >= 15 is 0 Å². The number of carbonyl (C=O) groups excluding carboxylic acids is 1. The van der Waals surface area contributed by atoms with E-state index in [9.17, 15) is 4.79 Å². The van der Waals surface area contributed by atoms with Crippen LogP contribution in [0.25, 0.3) is 0 Å². The summed E-state index contributed by atoms with van der Waals surface area (Å²) in [4.78, 5) is 11.1. The Morgan fingerprint density at radius 3 is 3.06 bits per heavy atom. The first kappa shape index (κ1) is 10.5. The quantitative estimate of drug-likeness (QED) is 0.521. The molecule has 4 N–H and O–H groups in total. The van der Waals surface area contributed by atoms with Crippen molar-refractivity contribution in [1.82, 2.24) is 0 Å². The van der Waals surface area contributed by atoms with Crippen LogP contribution in [0, 0.1) is 5.41 Å². The summed E-state index contributed by atoms with van der Waals surface area (Å²) in [7, 11) is 0. The van der Waals surface area contributed by atoms with Gasteiger partial charge in [0, 0.05) is 12.1 Å². The number of nitrogens with two attached hydrogens (primary N) is 1. The van der Waals surface area contributed by atoms with Crippen molar-refractivity contribution in [1.29, 1.82) is 5.41 Å². The average molecular weight is 219 g/mol. The van der Waals surface area contributed by atoms with Gasteiger partial charge in [-0.05, 0) is 30.2 Å². The van der Waals surface area contributed by atoms with Gasteiger partial charge in [0.25, 0.3) is 0 Å². The molecule has 5 heteroatoms. The Bertz CT molecular complexity index is 443. The molecule has 0 radical (unpaired) electrons. The minimum Gasteiger partial charge on any atom is -0.486 e. The summed E-state index contributed by atoms with van der Waals surface area (Å²) in [6, 6.07) is 5.44. The van der Waals surface area contributed by atoms with Gasteiger partial charge >= 0.3 is 0 Å². The van der Waals surface area contributed by atoms with Crippen LogP contribution in [0.15, 0.2) is 18.2 Å². The summed E-state index contributed by atoms with van der Waals surface area (Å²) in [6.07, 6.45) is 1.22. The molecular formula is C11H13N3O2. The van der Waals surface area contributed by atoms with Crippen LogP contribution in [0.5, 0.6) is 5.75 Å². The van der Waals surface area contributed by atoms with Crippen molar-refractivity contribution >= 4 is 17.4 Å². The van der Waals surface area contributed by atoms with E-state index in [2.05, 4.69) is 5.32 Å². The van der Waals surface area contributed by atoms with Gasteiger partial charge in [-0.25, -0.2) is 0 Å². The molecule has 0 aromatic heterocycles. The Morgan fingerprint density at radius 1 is 1.50 bits per heavy atom. The second kappa shape index (κ2) is 4.22. The van der Waals surface area contributed by atoms with Crippen LogP contribution in [0.2, 0.25) is 0 Å². The van der Waals surface area contributed by atoms with Gasteiger partial charge in [-0.2, -0.15) is 0 Å². The van der Waals surface area contributed by atoms with Crippen LogP contribution in [0.3, 0.4) is 0 Å². The Morgan fingerprint density at radius 2 is 2.31 bits per heavy atom. The number of ether oxygens (including phenoxy) is 1. The molecule has 1 aromatic carbocycles. The molecule has 16 heavy (non-hydrogen) atoms. The lowest BCUT2D eigenvalue weighted by molar-refractivity contribution is -0.116. The summed E-state index contributed by atoms with van der Waals surface area (Å²) in [5.74, 6) is 0.709. The number of hydrogen-bond acceptors (Lipinski definition) is 3. The van der Waals surface area contributed by atoms with Crippen molar-refractivity contribution in [3.63, 3.8) is 0 Å². The molecule has 0 aliphatic carbocycles. The van der Waals surface area contributed by atoms with Crippen LogP contribution in [-0.2, 0) is 11.2 Å². The molecule has 1 aromatic rings. The van der Waals surface area contributed by atoms with Crippen molar-refractivity contribution in [2.45, 2.75) is 12.8 Å². The van der Waals surface area contributed by atoms with E-state index in [1.807, 2.05) is 12.1 Å². The van der Waals surface area contributed by atoms with Gasteiger partial charge < -0.3 is 15.8 Å². The molecule has 0 atom stereocenters. The number of nitrogens with one attached hydrogen (secondary N) is 2. The third kappa shape index (κ3) is 2.31. The van der Waals surface area contributed by atoms with Crippen LogP contribution in [0.4, 0.5) is 5.69 Å². The lowest BCUT2D eigenvalue weighted by atomic mass is 10.0. The fourth-order valence-corrected chi connectivity index (χ4v) is 1.61. The second-order valence-electron chi connectivity index (χ2n) is 3.68. The van der Waals surface area contributed by atoms with Gasteiger partial charge in [0.1, 0.15) is 18.2 Å². The highest BCUT2D eigenvalue weighted by Crippen LogP contribution is 2.26. The van der Waals surface area contributed by atoms with E-state index < -0.39 is 0 Å². The summed E-state index contributed by atoms with van der Waals surface area (Å²) < 4.78 is 5.30. The van der Waals surface area contributed by atoms with Crippen molar-refractivity contribution in [3.05, 3.63) is 23.8 Å². The Balaban J connectivity index is 2.13. The monoisotopic (exact) mass is 219 g/mol. The minimum absolute atomic E-state index is 0.00831. The van der Waals surface area contributed by atoms with Crippen molar-refractivity contribution < 1.29 is 9.53 Å². The molecule has 0 unspecified atom stereocenters. The molecule has 0 spiro atoms. The number of hydrogen-bond donors (Lipinski definition) is 3. The number of aryl methyl sites for hydroxylation is 1. The van der Waals surface area contributed by atoms with E-state index in [0.717, 1.165) is 17.7 Å². The van der Waals surface area contributed by atoms with E-state index in [1.54, 1.807) is 6.07 Å².